The first kappa shape index (κ1) is 16.2. The van der Waals surface area contributed by atoms with Crippen LogP contribution in [0.5, 0.6) is 0 Å². The molecule has 0 aromatic carbocycles. The zero-order valence-electron chi connectivity index (χ0n) is 13.7. The Morgan fingerprint density at radius 3 is 2.14 bits per heavy atom. The van der Waals surface area contributed by atoms with Crippen LogP contribution in [0.1, 0.15) is 53.5 Å². The molecule has 0 unspecified atom stereocenters. The predicted molar refractivity (Wildman–Crippen MR) is 83.3 cm³/mol. The van der Waals surface area contributed by atoms with Gasteiger partial charge in [-0.05, 0) is 16.6 Å². The molecular weight excluding hydrogens is 284 g/mol. The number of hydrogen-bond donors (Lipinski definition) is 1. The van der Waals surface area contributed by atoms with E-state index in [2.05, 4.69) is 51.8 Å². The fraction of sp³-hybridized carbons (Fsp3) is 0.733. The summed E-state index contributed by atoms with van der Waals surface area (Å²) in [4.78, 5) is 16.1. The van der Waals surface area contributed by atoms with Crippen molar-refractivity contribution < 1.29 is 13.6 Å². The van der Waals surface area contributed by atoms with E-state index in [0.717, 1.165) is 0 Å². The number of aromatic nitrogens is 1. The van der Waals surface area contributed by atoms with Gasteiger partial charge in [0.1, 0.15) is 12.3 Å². The molecule has 0 aliphatic carbocycles. The number of nitrogens with one attached hydrogen (secondary N) is 1. The molecule has 118 valence electrons. The summed E-state index contributed by atoms with van der Waals surface area (Å²) in [6, 6.07) is -0.254. The SMILES string of the molecule is CC(C)[Si](O[C@@H]1C(=O)N[C@@H]1c1ncco1)(C(C)C)C(C)C. The van der Waals surface area contributed by atoms with Crippen LogP contribution in [0.4, 0.5) is 0 Å². The maximum atomic E-state index is 12.0. The van der Waals surface area contributed by atoms with Crippen molar-refractivity contribution in [2.75, 3.05) is 0 Å². The highest BCUT2D eigenvalue weighted by atomic mass is 28.4. The number of carbonyl (C=O) groups is 1. The predicted octanol–water partition coefficient (Wildman–Crippen LogP) is 3.41. The first-order valence-electron chi connectivity index (χ1n) is 7.68. The van der Waals surface area contributed by atoms with E-state index in [1.807, 2.05) is 0 Å². The third kappa shape index (κ3) is 2.66. The number of rotatable bonds is 6. The molecule has 1 aliphatic heterocycles. The summed E-state index contributed by atoms with van der Waals surface area (Å²) in [5.74, 6) is 0.468. The molecule has 2 atom stereocenters. The lowest BCUT2D eigenvalue weighted by atomic mass is 10.0. The van der Waals surface area contributed by atoms with E-state index >= 15 is 0 Å². The standard InChI is InChI=1S/C15H26N2O3Si/c1-9(2)21(10(3)4,11(5)6)20-13-12(17-14(13)18)15-16-7-8-19-15/h7-13H,1-6H3,(H,17,18)/t12-,13-/m0/s1. The van der Waals surface area contributed by atoms with Crippen LogP contribution in [0.15, 0.2) is 16.9 Å². The molecule has 0 radical (unpaired) electrons. The number of β-lactam (4-membered cyclic amide) rings is 1. The molecule has 21 heavy (non-hydrogen) atoms. The van der Waals surface area contributed by atoms with Crippen LogP contribution in [-0.2, 0) is 9.22 Å². The lowest BCUT2D eigenvalue weighted by molar-refractivity contribution is -0.142. The van der Waals surface area contributed by atoms with Gasteiger partial charge in [-0.15, -0.1) is 0 Å². The van der Waals surface area contributed by atoms with Crippen LogP contribution in [0.3, 0.4) is 0 Å². The van der Waals surface area contributed by atoms with Crippen LogP contribution in [0.2, 0.25) is 16.6 Å². The van der Waals surface area contributed by atoms with Gasteiger partial charge in [0.2, 0.25) is 14.2 Å². The van der Waals surface area contributed by atoms with Crippen molar-refractivity contribution in [1.82, 2.24) is 10.3 Å². The number of hydrogen-bond acceptors (Lipinski definition) is 4. The van der Waals surface area contributed by atoms with Crippen molar-refractivity contribution in [3.05, 3.63) is 18.4 Å². The summed E-state index contributed by atoms with van der Waals surface area (Å²) in [7, 11) is -2.09. The van der Waals surface area contributed by atoms with Gasteiger partial charge in [0, 0.05) is 0 Å². The molecule has 0 spiro atoms. The lowest BCUT2D eigenvalue weighted by Crippen LogP contribution is -2.63. The number of amides is 1. The Hall–Kier alpha value is -1.14. The molecule has 1 aromatic rings. The molecule has 1 aliphatic rings. The Labute approximate surface area is 127 Å². The highest BCUT2D eigenvalue weighted by molar-refractivity contribution is 6.77. The minimum Gasteiger partial charge on any atom is -0.447 e. The van der Waals surface area contributed by atoms with E-state index in [4.69, 9.17) is 8.84 Å². The molecule has 1 saturated heterocycles. The van der Waals surface area contributed by atoms with E-state index in [1.165, 1.54) is 6.26 Å². The van der Waals surface area contributed by atoms with E-state index in [-0.39, 0.29) is 11.9 Å². The zero-order chi connectivity index (χ0) is 15.8. The highest BCUT2D eigenvalue weighted by Crippen LogP contribution is 2.45. The Bertz CT molecular complexity index is 463. The second kappa shape index (κ2) is 5.92. The third-order valence-corrected chi connectivity index (χ3v) is 10.7. The minimum absolute atomic E-state index is 0.0583. The molecule has 1 N–H and O–H groups in total. The molecule has 0 saturated carbocycles. The largest absolute Gasteiger partial charge is 0.447 e. The van der Waals surface area contributed by atoms with Gasteiger partial charge in [-0.3, -0.25) is 4.79 Å². The minimum atomic E-state index is -2.09. The Kier molecular flexibility index (Phi) is 4.58. The average molecular weight is 310 g/mol. The first-order valence-corrected chi connectivity index (χ1v) is 9.82. The maximum absolute atomic E-state index is 12.0. The van der Waals surface area contributed by atoms with Crippen LogP contribution >= 0.6 is 0 Å². The average Bonchev–Trinajstić information content (AvgIpc) is 2.88. The van der Waals surface area contributed by atoms with Crippen molar-refractivity contribution >= 4 is 14.2 Å². The van der Waals surface area contributed by atoms with Gasteiger partial charge in [-0.2, -0.15) is 0 Å². The van der Waals surface area contributed by atoms with Crippen molar-refractivity contribution in [1.29, 1.82) is 0 Å². The summed E-state index contributed by atoms with van der Waals surface area (Å²) in [5.41, 5.74) is 1.32. The topological polar surface area (TPSA) is 64.4 Å². The molecular formula is C15H26N2O3Si. The van der Waals surface area contributed by atoms with E-state index < -0.39 is 14.4 Å². The molecule has 6 heteroatoms. The molecule has 1 amide bonds. The summed E-state index contributed by atoms with van der Waals surface area (Å²) >= 11 is 0. The normalized spacial score (nSPS) is 22.8. The van der Waals surface area contributed by atoms with Crippen molar-refractivity contribution in [2.45, 2.75) is 70.3 Å². The summed E-state index contributed by atoms with van der Waals surface area (Å²) in [6.45, 7) is 13.3. The van der Waals surface area contributed by atoms with Crippen molar-refractivity contribution in [3.8, 4) is 0 Å². The third-order valence-electron chi connectivity index (χ3n) is 4.61. The van der Waals surface area contributed by atoms with Gasteiger partial charge < -0.3 is 14.2 Å². The highest BCUT2D eigenvalue weighted by Gasteiger charge is 2.53. The van der Waals surface area contributed by atoms with Crippen LogP contribution in [0.25, 0.3) is 0 Å². The quantitative estimate of drug-likeness (QED) is 0.646. The van der Waals surface area contributed by atoms with Crippen molar-refractivity contribution in [2.24, 2.45) is 0 Å². The molecule has 0 bridgehead atoms. The maximum Gasteiger partial charge on any atom is 0.251 e. The van der Waals surface area contributed by atoms with E-state index in [1.54, 1.807) is 6.20 Å². The number of nitrogens with zero attached hydrogens (tertiary/aromatic N) is 1. The van der Waals surface area contributed by atoms with Gasteiger partial charge in [0.25, 0.3) is 5.91 Å². The number of carbonyl (C=O) groups excluding carboxylic acids is 1. The van der Waals surface area contributed by atoms with Crippen LogP contribution in [0, 0.1) is 0 Å². The van der Waals surface area contributed by atoms with Crippen LogP contribution < -0.4 is 5.32 Å². The monoisotopic (exact) mass is 310 g/mol. The summed E-state index contributed by atoms with van der Waals surface area (Å²) in [6.07, 6.45) is 2.64. The Balaban J connectivity index is 2.25. The Morgan fingerprint density at radius 1 is 1.19 bits per heavy atom. The second-order valence-electron chi connectivity index (χ2n) is 6.71. The van der Waals surface area contributed by atoms with Crippen LogP contribution in [-0.4, -0.2) is 25.3 Å². The summed E-state index contributed by atoms with van der Waals surface area (Å²) in [5, 5.41) is 2.84. The molecule has 5 nitrogen and oxygen atoms in total. The van der Waals surface area contributed by atoms with Gasteiger partial charge in [0.05, 0.1) is 6.20 Å². The molecule has 2 rings (SSSR count). The second-order valence-corrected chi connectivity index (χ2v) is 12.1. The first-order chi connectivity index (χ1) is 9.80. The van der Waals surface area contributed by atoms with E-state index in [0.29, 0.717) is 22.5 Å². The molecule has 2 heterocycles. The fourth-order valence-corrected chi connectivity index (χ4v) is 9.19. The summed E-state index contributed by atoms with van der Waals surface area (Å²) < 4.78 is 11.9. The van der Waals surface area contributed by atoms with Gasteiger partial charge in [-0.25, -0.2) is 4.98 Å². The number of oxazole rings is 1. The zero-order valence-corrected chi connectivity index (χ0v) is 14.7. The Morgan fingerprint density at radius 2 is 1.76 bits per heavy atom. The fourth-order valence-electron chi connectivity index (χ4n) is 3.70. The van der Waals surface area contributed by atoms with Gasteiger partial charge in [0.15, 0.2) is 6.10 Å². The van der Waals surface area contributed by atoms with Gasteiger partial charge in [-0.1, -0.05) is 41.5 Å². The van der Waals surface area contributed by atoms with Crippen molar-refractivity contribution in [3.63, 3.8) is 0 Å². The molecule has 1 aromatic heterocycles. The molecule has 1 fully saturated rings. The lowest BCUT2D eigenvalue weighted by Gasteiger charge is -2.47. The smallest absolute Gasteiger partial charge is 0.251 e. The van der Waals surface area contributed by atoms with E-state index in [9.17, 15) is 4.79 Å². The van der Waals surface area contributed by atoms with Gasteiger partial charge >= 0.3 is 0 Å².